The Bertz CT molecular complexity index is 547. The molecule has 0 bridgehead atoms. The van der Waals surface area contributed by atoms with Crippen molar-refractivity contribution in [1.82, 2.24) is 15.3 Å². The first-order chi connectivity index (χ1) is 9.81. The monoisotopic (exact) mass is 272 g/mol. The third-order valence-corrected chi connectivity index (χ3v) is 3.48. The van der Waals surface area contributed by atoms with Crippen LogP contribution in [0.5, 0.6) is 0 Å². The zero-order valence-electron chi connectivity index (χ0n) is 11.1. The molecule has 0 spiro atoms. The lowest BCUT2D eigenvalue weighted by atomic mass is 10.2. The molecule has 3 rings (SSSR count). The number of hydrogen-bond acceptors (Lipinski definition) is 4. The van der Waals surface area contributed by atoms with Crippen molar-refractivity contribution in [3.63, 3.8) is 0 Å². The lowest BCUT2D eigenvalue weighted by Gasteiger charge is -2.10. The second-order valence-corrected chi connectivity index (χ2v) is 4.96. The van der Waals surface area contributed by atoms with Gasteiger partial charge in [-0.05, 0) is 37.1 Å². The number of rotatable bonds is 4. The third-order valence-electron chi connectivity index (χ3n) is 3.48. The van der Waals surface area contributed by atoms with Crippen LogP contribution in [-0.4, -0.2) is 16.5 Å². The fourth-order valence-electron chi connectivity index (χ4n) is 2.34. The van der Waals surface area contributed by atoms with Gasteiger partial charge in [0, 0.05) is 6.54 Å². The SMILES string of the molecule is Fc1ccc(CNc2cnc([C@@H]3CCCN3)cn2)cc1. The van der Waals surface area contributed by atoms with E-state index in [0.717, 1.165) is 30.0 Å². The van der Waals surface area contributed by atoms with Gasteiger partial charge >= 0.3 is 0 Å². The van der Waals surface area contributed by atoms with Crippen molar-refractivity contribution in [3.05, 3.63) is 53.7 Å². The highest BCUT2D eigenvalue weighted by Gasteiger charge is 2.17. The van der Waals surface area contributed by atoms with E-state index in [1.54, 1.807) is 18.3 Å². The largest absolute Gasteiger partial charge is 0.365 e. The van der Waals surface area contributed by atoms with Crippen molar-refractivity contribution in [2.75, 3.05) is 11.9 Å². The molecule has 2 heterocycles. The molecule has 0 saturated carbocycles. The molecule has 0 aliphatic carbocycles. The van der Waals surface area contributed by atoms with Gasteiger partial charge in [0.05, 0.1) is 24.1 Å². The standard InChI is InChI=1S/C15H17FN4/c16-12-5-3-11(4-6-12)8-19-15-10-18-14(9-20-15)13-2-1-7-17-13/h3-6,9-10,13,17H,1-2,7-8H2,(H,19,20)/t13-/m0/s1. The summed E-state index contributed by atoms with van der Waals surface area (Å²) in [4.78, 5) is 8.81. The van der Waals surface area contributed by atoms with Gasteiger partial charge in [0.15, 0.2) is 0 Å². The van der Waals surface area contributed by atoms with Crippen molar-refractivity contribution in [2.45, 2.75) is 25.4 Å². The molecule has 2 aromatic rings. The van der Waals surface area contributed by atoms with Crippen LogP contribution in [0, 0.1) is 5.82 Å². The Kier molecular flexibility index (Phi) is 3.87. The van der Waals surface area contributed by atoms with Crippen LogP contribution in [0.25, 0.3) is 0 Å². The highest BCUT2D eigenvalue weighted by atomic mass is 19.1. The van der Waals surface area contributed by atoms with Crippen LogP contribution < -0.4 is 10.6 Å². The van der Waals surface area contributed by atoms with E-state index in [-0.39, 0.29) is 5.82 Å². The van der Waals surface area contributed by atoms with Crippen molar-refractivity contribution in [2.24, 2.45) is 0 Å². The molecule has 20 heavy (non-hydrogen) atoms. The molecule has 1 fully saturated rings. The normalized spacial score (nSPS) is 18.1. The summed E-state index contributed by atoms with van der Waals surface area (Å²) in [7, 11) is 0. The topological polar surface area (TPSA) is 49.8 Å². The average Bonchev–Trinajstić information content (AvgIpc) is 3.01. The molecule has 1 aliphatic rings. The Morgan fingerprint density at radius 2 is 2.05 bits per heavy atom. The van der Waals surface area contributed by atoms with Gasteiger partial charge < -0.3 is 10.6 Å². The summed E-state index contributed by atoms with van der Waals surface area (Å²) in [5, 5.41) is 6.58. The van der Waals surface area contributed by atoms with Crippen LogP contribution in [0.3, 0.4) is 0 Å². The molecule has 4 nitrogen and oxygen atoms in total. The van der Waals surface area contributed by atoms with Crippen LogP contribution >= 0.6 is 0 Å². The van der Waals surface area contributed by atoms with Crippen LogP contribution in [0.4, 0.5) is 10.2 Å². The number of nitrogens with one attached hydrogen (secondary N) is 2. The first-order valence-electron chi connectivity index (χ1n) is 6.85. The molecule has 2 N–H and O–H groups in total. The molecule has 5 heteroatoms. The molecule has 0 unspecified atom stereocenters. The molecular weight excluding hydrogens is 255 g/mol. The summed E-state index contributed by atoms with van der Waals surface area (Å²) in [6, 6.07) is 6.77. The van der Waals surface area contributed by atoms with Crippen molar-refractivity contribution in [3.8, 4) is 0 Å². The van der Waals surface area contributed by atoms with Crippen LogP contribution in [0.15, 0.2) is 36.7 Å². The Labute approximate surface area is 117 Å². The van der Waals surface area contributed by atoms with E-state index in [4.69, 9.17) is 0 Å². The third kappa shape index (κ3) is 3.11. The van der Waals surface area contributed by atoms with Crippen molar-refractivity contribution < 1.29 is 4.39 Å². The molecule has 1 atom stereocenters. The maximum absolute atomic E-state index is 12.8. The molecule has 104 valence electrons. The number of hydrogen-bond donors (Lipinski definition) is 2. The Balaban J connectivity index is 1.59. The Hall–Kier alpha value is -2.01. The lowest BCUT2D eigenvalue weighted by Crippen LogP contribution is -2.14. The minimum Gasteiger partial charge on any atom is -0.365 e. The zero-order valence-corrected chi connectivity index (χ0v) is 11.1. The van der Waals surface area contributed by atoms with E-state index in [0.29, 0.717) is 12.6 Å². The second kappa shape index (κ2) is 5.96. The van der Waals surface area contributed by atoms with Gasteiger partial charge in [-0.2, -0.15) is 0 Å². The summed E-state index contributed by atoms with van der Waals surface area (Å²) < 4.78 is 12.8. The highest BCUT2D eigenvalue weighted by Crippen LogP contribution is 2.20. The van der Waals surface area contributed by atoms with E-state index in [2.05, 4.69) is 20.6 Å². The molecule has 1 aromatic heterocycles. The average molecular weight is 272 g/mol. The van der Waals surface area contributed by atoms with E-state index in [9.17, 15) is 4.39 Å². The van der Waals surface area contributed by atoms with Crippen LogP contribution in [0.1, 0.15) is 30.1 Å². The molecule has 1 aromatic carbocycles. The van der Waals surface area contributed by atoms with Gasteiger partial charge in [-0.15, -0.1) is 0 Å². The summed E-state index contributed by atoms with van der Waals surface area (Å²) in [5.74, 6) is 0.512. The minimum atomic E-state index is -0.220. The van der Waals surface area contributed by atoms with Gasteiger partial charge in [-0.3, -0.25) is 4.98 Å². The lowest BCUT2D eigenvalue weighted by molar-refractivity contribution is 0.624. The van der Waals surface area contributed by atoms with Gasteiger partial charge in [-0.25, -0.2) is 9.37 Å². The molecule has 1 saturated heterocycles. The molecular formula is C15H17FN4. The van der Waals surface area contributed by atoms with Crippen molar-refractivity contribution in [1.29, 1.82) is 0 Å². The smallest absolute Gasteiger partial charge is 0.144 e. The molecule has 0 amide bonds. The minimum absolute atomic E-state index is 0.220. The van der Waals surface area contributed by atoms with E-state index in [1.807, 2.05) is 6.20 Å². The fourth-order valence-corrected chi connectivity index (χ4v) is 2.34. The Morgan fingerprint density at radius 1 is 1.20 bits per heavy atom. The molecule has 1 aliphatic heterocycles. The number of nitrogens with zero attached hydrogens (tertiary/aromatic N) is 2. The quantitative estimate of drug-likeness (QED) is 0.898. The fraction of sp³-hybridized carbons (Fsp3) is 0.333. The number of aromatic nitrogens is 2. The van der Waals surface area contributed by atoms with E-state index in [1.165, 1.54) is 18.6 Å². The summed E-state index contributed by atoms with van der Waals surface area (Å²) in [6.45, 7) is 1.66. The van der Waals surface area contributed by atoms with Crippen LogP contribution in [-0.2, 0) is 6.54 Å². The predicted molar refractivity (Wildman–Crippen MR) is 75.7 cm³/mol. The zero-order chi connectivity index (χ0) is 13.8. The van der Waals surface area contributed by atoms with Gasteiger partial charge in [0.2, 0.25) is 0 Å². The first-order valence-corrected chi connectivity index (χ1v) is 6.85. The maximum atomic E-state index is 12.8. The Morgan fingerprint density at radius 3 is 2.70 bits per heavy atom. The van der Waals surface area contributed by atoms with Gasteiger partial charge in [0.25, 0.3) is 0 Å². The number of benzene rings is 1. The van der Waals surface area contributed by atoms with E-state index < -0.39 is 0 Å². The maximum Gasteiger partial charge on any atom is 0.144 e. The second-order valence-electron chi connectivity index (χ2n) is 4.96. The van der Waals surface area contributed by atoms with E-state index >= 15 is 0 Å². The summed E-state index contributed by atoms with van der Waals surface area (Å²) in [6.07, 6.45) is 5.88. The number of halogens is 1. The summed E-state index contributed by atoms with van der Waals surface area (Å²) >= 11 is 0. The van der Waals surface area contributed by atoms with Gasteiger partial charge in [-0.1, -0.05) is 12.1 Å². The van der Waals surface area contributed by atoms with Crippen LogP contribution in [0.2, 0.25) is 0 Å². The highest BCUT2D eigenvalue weighted by molar-refractivity contribution is 5.33. The number of anilines is 1. The van der Waals surface area contributed by atoms with Crippen molar-refractivity contribution >= 4 is 5.82 Å². The first kappa shape index (κ1) is 13.0. The summed E-state index contributed by atoms with van der Waals surface area (Å²) in [5.41, 5.74) is 2.00. The van der Waals surface area contributed by atoms with Gasteiger partial charge in [0.1, 0.15) is 11.6 Å². The molecule has 0 radical (unpaired) electrons. The predicted octanol–water partition coefficient (Wildman–Crippen LogP) is 2.65.